The summed E-state index contributed by atoms with van der Waals surface area (Å²) in [6.07, 6.45) is -2.58. The normalized spacial score (nSPS) is 18.1. The van der Waals surface area contributed by atoms with Crippen LogP contribution in [0.3, 0.4) is 0 Å². The number of hydrogen-bond donors (Lipinski definition) is 1. The van der Waals surface area contributed by atoms with Gasteiger partial charge in [-0.25, -0.2) is 19.0 Å². The smallest absolute Gasteiger partial charge is 0.417 e. The Morgan fingerprint density at radius 1 is 1.20 bits per heavy atom. The number of nitrogens with zero attached hydrogens (tertiary/aromatic N) is 3. The zero-order valence-electron chi connectivity index (χ0n) is 22.9. The van der Waals surface area contributed by atoms with Gasteiger partial charge in [-0.05, 0) is 58.6 Å². The van der Waals surface area contributed by atoms with E-state index in [2.05, 4.69) is 10.3 Å². The largest absolute Gasteiger partial charge is 0.492 e. The molecule has 41 heavy (non-hydrogen) atoms. The molecular weight excluding hydrogens is 575 g/mol. The van der Waals surface area contributed by atoms with Crippen molar-refractivity contribution < 1.29 is 41.0 Å². The van der Waals surface area contributed by atoms with Gasteiger partial charge in [0.05, 0.1) is 35.1 Å². The highest BCUT2D eigenvalue weighted by Crippen LogP contribution is 2.48. The number of ether oxygens (including phenoxy) is 2. The minimum absolute atomic E-state index is 0.132. The number of urea groups is 1. The summed E-state index contributed by atoms with van der Waals surface area (Å²) in [5, 5.41) is 1.56. The second-order valence-electron chi connectivity index (χ2n) is 11.0. The first-order valence-corrected chi connectivity index (χ1v) is 13.3. The lowest BCUT2D eigenvalue weighted by molar-refractivity contribution is -0.137. The predicted molar refractivity (Wildman–Crippen MR) is 140 cm³/mol. The third-order valence-electron chi connectivity index (χ3n) is 6.85. The van der Waals surface area contributed by atoms with Gasteiger partial charge in [-0.1, -0.05) is 11.6 Å². The molecular formula is C27H30ClF5N4O4. The van der Waals surface area contributed by atoms with Crippen molar-refractivity contribution in [1.82, 2.24) is 14.8 Å². The summed E-state index contributed by atoms with van der Waals surface area (Å²) in [5.41, 5.74) is -1.75. The molecule has 0 radical (unpaired) electrons. The zero-order chi connectivity index (χ0) is 30.3. The van der Waals surface area contributed by atoms with Crippen molar-refractivity contribution in [3.63, 3.8) is 0 Å². The average molecular weight is 605 g/mol. The third kappa shape index (κ3) is 6.77. The standard InChI is InChI=1S/C27H30ClF5N4O4/c1-26(2,3)41-25(39)36(4)8-5-9-40-21-13-34-23(30)15-10-14-6-7-20(22(15)21)37(14)24(38)35-19-12-17(28)16(11-18(19)29)27(31,32)33/h11-14,20H,5-10H2,1-4H3,(H,35,38)/t14-,20+/m0/s1. The molecule has 2 aliphatic heterocycles. The molecule has 1 aromatic heterocycles. The van der Waals surface area contributed by atoms with Gasteiger partial charge >= 0.3 is 18.3 Å². The molecule has 0 aliphatic carbocycles. The summed E-state index contributed by atoms with van der Waals surface area (Å²) < 4.78 is 79.7. The fraction of sp³-hybridized carbons (Fsp3) is 0.519. The number of nitrogens with one attached hydrogen (secondary N) is 1. The Kier molecular flexibility index (Phi) is 8.58. The Morgan fingerprint density at radius 3 is 2.56 bits per heavy atom. The molecule has 2 bridgehead atoms. The van der Waals surface area contributed by atoms with Crippen molar-refractivity contribution in [3.05, 3.63) is 51.8 Å². The molecule has 3 heterocycles. The summed E-state index contributed by atoms with van der Waals surface area (Å²) in [7, 11) is 1.59. The van der Waals surface area contributed by atoms with Crippen LogP contribution < -0.4 is 10.1 Å². The summed E-state index contributed by atoms with van der Waals surface area (Å²) in [5.74, 6) is -1.71. The highest BCUT2D eigenvalue weighted by Gasteiger charge is 2.46. The number of fused-ring (bicyclic) bond motifs is 4. The summed E-state index contributed by atoms with van der Waals surface area (Å²) in [6, 6.07) is -0.891. The van der Waals surface area contributed by atoms with Gasteiger partial charge < -0.3 is 24.6 Å². The third-order valence-corrected chi connectivity index (χ3v) is 7.16. The summed E-state index contributed by atoms with van der Waals surface area (Å²) >= 11 is 5.71. The lowest BCUT2D eigenvalue weighted by atomic mass is 9.94. The molecule has 1 fully saturated rings. The highest BCUT2D eigenvalue weighted by molar-refractivity contribution is 6.31. The monoisotopic (exact) mass is 604 g/mol. The fourth-order valence-corrected chi connectivity index (χ4v) is 5.33. The number of rotatable bonds is 6. The van der Waals surface area contributed by atoms with E-state index in [1.54, 1.807) is 27.8 Å². The number of halogens is 6. The number of anilines is 1. The molecule has 0 spiro atoms. The van der Waals surface area contributed by atoms with Crippen LogP contribution in [0.5, 0.6) is 5.75 Å². The van der Waals surface area contributed by atoms with Crippen LogP contribution in [0.25, 0.3) is 0 Å². The molecule has 0 saturated carbocycles. The number of carbonyl (C=O) groups is 2. The molecule has 2 aromatic rings. The van der Waals surface area contributed by atoms with Crippen LogP contribution in [0.15, 0.2) is 18.3 Å². The number of hydrogen-bond acceptors (Lipinski definition) is 5. The molecule has 2 atom stereocenters. The summed E-state index contributed by atoms with van der Waals surface area (Å²) in [4.78, 5) is 32.1. The first kappa shape index (κ1) is 30.6. The van der Waals surface area contributed by atoms with E-state index < -0.39 is 64.0 Å². The van der Waals surface area contributed by atoms with E-state index in [-0.39, 0.29) is 24.8 Å². The molecule has 4 rings (SSSR count). The number of carbonyl (C=O) groups excluding carboxylic acids is 2. The van der Waals surface area contributed by atoms with E-state index in [4.69, 9.17) is 21.1 Å². The van der Waals surface area contributed by atoms with Gasteiger partial charge in [0.15, 0.2) is 0 Å². The Hall–Kier alpha value is -3.35. The van der Waals surface area contributed by atoms with Crippen molar-refractivity contribution in [3.8, 4) is 5.75 Å². The van der Waals surface area contributed by atoms with Crippen molar-refractivity contribution in [2.75, 3.05) is 25.5 Å². The van der Waals surface area contributed by atoms with E-state index in [9.17, 15) is 31.5 Å². The second kappa shape index (κ2) is 11.5. The maximum Gasteiger partial charge on any atom is 0.417 e. The van der Waals surface area contributed by atoms with Crippen LogP contribution in [-0.4, -0.2) is 58.8 Å². The van der Waals surface area contributed by atoms with Gasteiger partial charge in [0, 0.05) is 30.8 Å². The average Bonchev–Trinajstić information content (AvgIpc) is 3.17. The van der Waals surface area contributed by atoms with Gasteiger partial charge in [0.2, 0.25) is 5.95 Å². The van der Waals surface area contributed by atoms with Gasteiger partial charge in [0.1, 0.15) is 17.2 Å². The van der Waals surface area contributed by atoms with Crippen molar-refractivity contribution in [2.24, 2.45) is 0 Å². The van der Waals surface area contributed by atoms with E-state index in [1.165, 1.54) is 16.0 Å². The molecule has 1 aromatic carbocycles. The van der Waals surface area contributed by atoms with Gasteiger partial charge in [-0.15, -0.1) is 0 Å². The van der Waals surface area contributed by atoms with E-state index >= 15 is 0 Å². The topological polar surface area (TPSA) is 84.0 Å². The quantitative estimate of drug-likeness (QED) is 0.219. The minimum atomic E-state index is -4.87. The lowest BCUT2D eigenvalue weighted by Gasteiger charge is -2.37. The highest BCUT2D eigenvalue weighted by atomic mass is 35.5. The Morgan fingerprint density at radius 2 is 1.90 bits per heavy atom. The van der Waals surface area contributed by atoms with Gasteiger partial charge in [-0.2, -0.15) is 17.6 Å². The maximum atomic E-state index is 14.8. The molecule has 1 saturated heterocycles. The van der Waals surface area contributed by atoms with Crippen LogP contribution in [0.1, 0.15) is 62.8 Å². The van der Waals surface area contributed by atoms with E-state index in [1.807, 2.05) is 0 Å². The second-order valence-corrected chi connectivity index (χ2v) is 11.4. The molecule has 1 N–H and O–H groups in total. The van der Waals surface area contributed by atoms with Crippen LogP contribution in [0.2, 0.25) is 5.02 Å². The Bertz CT molecular complexity index is 1330. The number of pyridine rings is 1. The number of alkyl halides is 3. The number of aromatic nitrogens is 1. The van der Waals surface area contributed by atoms with Crippen LogP contribution in [-0.2, 0) is 17.3 Å². The summed E-state index contributed by atoms with van der Waals surface area (Å²) in [6.45, 7) is 5.77. The first-order valence-electron chi connectivity index (χ1n) is 13.0. The Labute approximate surface area is 238 Å². The van der Waals surface area contributed by atoms with E-state index in [0.29, 0.717) is 43.0 Å². The molecule has 8 nitrogen and oxygen atoms in total. The SMILES string of the molecule is CN(CCCOc1cnc(F)c2c1[C@H]1CC[C@@H](C2)N1C(=O)Nc1cc(Cl)c(C(F)(F)F)cc1F)C(=O)OC(C)(C)C. The first-order chi connectivity index (χ1) is 19.1. The van der Waals surface area contributed by atoms with Gasteiger partial charge in [-0.3, -0.25) is 0 Å². The number of amides is 3. The van der Waals surface area contributed by atoms with Crippen molar-refractivity contribution >= 4 is 29.4 Å². The predicted octanol–water partition coefficient (Wildman–Crippen LogP) is 6.96. The lowest BCUT2D eigenvalue weighted by Crippen LogP contribution is -2.44. The van der Waals surface area contributed by atoms with Crippen LogP contribution in [0.4, 0.5) is 37.2 Å². The minimum Gasteiger partial charge on any atom is -0.492 e. The van der Waals surface area contributed by atoms with Crippen molar-refractivity contribution in [1.29, 1.82) is 0 Å². The molecule has 14 heteroatoms. The van der Waals surface area contributed by atoms with Crippen molar-refractivity contribution in [2.45, 2.75) is 70.3 Å². The molecule has 0 unspecified atom stereocenters. The zero-order valence-corrected chi connectivity index (χ0v) is 23.6. The Balaban J connectivity index is 1.48. The molecule has 3 amide bonds. The fourth-order valence-electron chi connectivity index (χ4n) is 5.06. The molecule has 224 valence electrons. The maximum absolute atomic E-state index is 14.8. The van der Waals surface area contributed by atoms with Gasteiger partial charge in [0.25, 0.3) is 0 Å². The molecule has 2 aliphatic rings. The number of benzene rings is 1. The van der Waals surface area contributed by atoms with Crippen LogP contribution in [0, 0.1) is 11.8 Å². The van der Waals surface area contributed by atoms with E-state index in [0.717, 1.165) is 0 Å². The van der Waals surface area contributed by atoms with Crippen LogP contribution >= 0.6 is 11.6 Å².